The second-order valence-electron chi connectivity index (χ2n) is 6.70. The fourth-order valence-electron chi connectivity index (χ4n) is 3.27. The standard InChI is InChI=1S/C23H21NO3/c1-15(2)18-9-6-7-11-20(18)23(19-10-5-4-8-16(19)3)17-12-13-22(25)21(14-17)24(26)27/h4-14,25H,1-3H3/b23-20-. The van der Waals surface area contributed by atoms with Crippen molar-refractivity contribution >= 4 is 16.8 Å². The molecule has 0 radical (unpaired) electrons. The highest BCUT2D eigenvalue weighted by atomic mass is 16.6. The van der Waals surface area contributed by atoms with Crippen LogP contribution < -0.4 is 10.4 Å². The number of hydrogen-bond acceptors (Lipinski definition) is 3. The Labute approximate surface area is 157 Å². The minimum atomic E-state index is -0.558. The fraction of sp³-hybridized carbons (Fsp3) is 0.130. The van der Waals surface area contributed by atoms with E-state index in [1.54, 1.807) is 6.07 Å². The predicted octanol–water partition coefficient (Wildman–Crippen LogP) is 4.05. The Morgan fingerprint density at radius 2 is 1.56 bits per heavy atom. The van der Waals surface area contributed by atoms with E-state index in [0.717, 1.165) is 32.7 Å². The number of nitrogens with zero attached hydrogens (tertiary/aromatic N) is 1. The molecule has 0 spiro atoms. The van der Waals surface area contributed by atoms with Crippen molar-refractivity contribution in [3.05, 3.63) is 104 Å². The van der Waals surface area contributed by atoms with Crippen molar-refractivity contribution in [1.82, 2.24) is 0 Å². The molecule has 0 aliphatic rings. The lowest BCUT2D eigenvalue weighted by molar-refractivity contribution is -0.385. The summed E-state index contributed by atoms with van der Waals surface area (Å²) in [5.41, 5.74) is 4.55. The minimum absolute atomic E-state index is 0.298. The van der Waals surface area contributed by atoms with Gasteiger partial charge in [-0.25, -0.2) is 0 Å². The monoisotopic (exact) mass is 359 g/mol. The lowest BCUT2D eigenvalue weighted by Gasteiger charge is -2.13. The molecule has 136 valence electrons. The maximum Gasteiger partial charge on any atom is 0.311 e. The molecule has 0 aliphatic carbocycles. The Balaban J connectivity index is 2.53. The first-order chi connectivity index (χ1) is 12.9. The van der Waals surface area contributed by atoms with E-state index in [-0.39, 0.29) is 11.4 Å². The molecule has 3 aromatic rings. The van der Waals surface area contributed by atoms with Gasteiger partial charge in [0, 0.05) is 6.07 Å². The Hall–Kier alpha value is -3.40. The van der Waals surface area contributed by atoms with E-state index >= 15 is 0 Å². The molecule has 0 amide bonds. The summed E-state index contributed by atoms with van der Waals surface area (Å²) in [6, 6.07) is 20.6. The zero-order chi connectivity index (χ0) is 19.6. The zero-order valence-corrected chi connectivity index (χ0v) is 15.6. The second-order valence-corrected chi connectivity index (χ2v) is 6.70. The quantitative estimate of drug-likeness (QED) is 0.567. The van der Waals surface area contributed by atoms with E-state index in [1.165, 1.54) is 12.1 Å². The number of nitro groups is 1. The summed E-state index contributed by atoms with van der Waals surface area (Å²) in [7, 11) is 0. The lowest BCUT2D eigenvalue weighted by atomic mass is 9.91. The van der Waals surface area contributed by atoms with Crippen LogP contribution in [0.2, 0.25) is 0 Å². The first-order valence-corrected chi connectivity index (χ1v) is 8.71. The molecular weight excluding hydrogens is 338 g/mol. The van der Waals surface area contributed by atoms with Crippen LogP contribution in [0.4, 0.5) is 5.69 Å². The topological polar surface area (TPSA) is 63.4 Å². The third-order valence-electron chi connectivity index (χ3n) is 4.61. The highest BCUT2D eigenvalue weighted by molar-refractivity contribution is 5.82. The van der Waals surface area contributed by atoms with Gasteiger partial charge in [0.15, 0.2) is 5.75 Å². The molecule has 0 aromatic heterocycles. The van der Waals surface area contributed by atoms with Crippen LogP contribution in [0.15, 0.2) is 66.7 Å². The van der Waals surface area contributed by atoms with Crippen LogP contribution in [0.1, 0.15) is 30.5 Å². The highest BCUT2D eigenvalue weighted by Gasteiger charge is 2.17. The van der Waals surface area contributed by atoms with Crippen LogP contribution in [-0.4, -0.2) is 10.0 Å². The van der Waals surface area contributed by atoms with E-state index in [1.807, 2.05) is 63.2 Å². The summed E-state index contributed by atoms with van der Waals surface area (Å²) in [5.74, 6) is -0.334. The van der Waals surface area contributed by atoms with Crippen LogP contribution in [-0.2, 0) is 0 Å². The fourth-order valence-corrected chi connectivity index (χ4v) is 3.27. The van der Waals surface area contributed by atoms with E-state index < -0.39 is 4.92 Å². The average molecular weight is 359 g/mol. The predicted molar refractivity (Wildman–Crippen MR) is 108 cm³/mol. The van der Waals surface area contributed by atoms with Crippen LogP contribution in [0.3, 0.4) is 0 Å². The largest absolute Gasteiger partial charge is 0.502 e. The van der Waals surface area contributed by atoms with E-state index in [9.17, 15) is 15.2 Å². The molecule has 0 aliphatic heterocycles. The molecule has 0 unspecified atom stereocenters. The van der Waals surface area contributed by atoms with Gasteiger partial charge in [0.1, 0.15) is 0 Å². The Morgan fingerprint density at radius 3 is 2.19 bits per heavy atom. The minimum Gasteiger partial charge on any atom is -0.502 e. The zero-order valence-electron chi connectivity index (χ0n) is 15.6. The van der Waals surface area contributed by atoms with Crippen molar-refractivity contribution in [2.45, 2.75) is 20.8 Å². The second kappa shape index (κ2) is 7.46. The average Bonchev–Trinajstić information content (AvgIpc) is 2.65. The Kier molecular flexibility index (Phi) is 5.08. The number of phenolic OH excluding ortho intramolecular Hbond substituents is 1. The lowest BCUT2D eigenvalue weighted by Crippen LogP contribution is -2.29. The summed E-state index contributed by atoms with van der Waals surface area (Å²) in [4.78, 5) is 10.8. The summed E-state index contributed by atoms with van der Waals surface area (Å²) in [5, 5.41) is 23.3. The van der Waals surface area contributed by atoms with Gasteiger partial charge in [-0.05, 0) is 59.5 Å². The van der Waals surface area contributed by atoms with Gasteiger partial charge < -0.3 is 5.11 Å². The van der Waals surface area contributed by atoms with Crippen molar-refractivity contribution in [1.29, 1.82) is 0 Å². The summed E-state index contributed by atoms with van der Waals surface area (Å²) in [6.45, 7) is 6.12. The summed E-state index contributed by atoms with van der Waals surface area (Å²) in [6.07, 6.45) is 0. The van der Waals surface area contributed by atoms with Gasteiger partial charge in [0.05, 0.1) is 4.92 Å². The van der Waals surface area contributed by atoms with Gasteiger partial charge in [-0.3, -0.25) is 10.1 Å². The number of aromatic hydroxyl groups is 1. The van der Waals surface area contributed by atoms with Gasteiger partial charge in [0.25, 0.3) is 0 Å². The maximum absolute atomic E-state index is 11.3. The van der Waals surface area contributed by atoms with E-state index in [0.29, 0.717) is 5.56 Å². The van der Waals surface area contributed by atoms with Crippen LogP contribution in [0.25, 0.3) is 11.1 Å². The molecule has 4 nitrogen and oxygen atoms in total. The number of hydrogen-bond donors (Lipinski definition) is 1. The molecule has 1 N–H and O–H groups in total. The molecule has 3 aromatic carbocycles. The number of phenols is 1. The molecule has 0 saturated heterocycles. The smallest absolute Gasteiger partial charge is 0.311 e. The first kappa shape index (κ1) is 18.4. The number of benzene rings is 3. The third kappa shape index (κ3) is 3.60. The Morgan fingerprint density at radius 1 is 0.926 bits per heavy atom. The van der Waals surface area contributed by atoms with Gasteiger partial charge in [-0.15, -0.1) is 0 Å². The molecule has 27 heavy (non-hydrogen) atoms. The molecule has 0 atom stereocenters. The highest BCUT2D eigenvalue weighted by Crippen LogP contribution is 2.31. The molecular formula is C23H21NO3. The van der Waals surface area contributed by atoms with Gasteiger partial charge in [-0.1, -0.05) is 60.2 Å². The van der Waals surface area contributed by atoms with E-state index in [4.69, 9.17) is 0 Å². The van der Waals surface area contributed by atoms with E-state index in [2.05, 4.69) is 6.07 Å². The van der Waals surface area contributed by atoms with Crippen molar-refractivity contribution in [3.63, 3.8) is 0 Å². The van der Waals surface area contributed by atoms with Crippen LogP contribution in [0, 0.1) is 17.0 Å². The maximum atomic E-state index is 11.3. The van der Waals surface area contributed by atoms with Crippen molar-refractivity contribution in [2.24, 2.45) is 0 Å². The molecule has 0 bridgehead atoms. The Bertz CT molecular complexity index is 1140. The molecule has 3 rings (SSSR count). The van der Waals surface area contributed by atoms with Gasteiger partial charge >= 0.3 is 5.69 Å². The van der Waals surface area contributed by atoms with Gasteiger partial charge in [0.2, 0.25) is 0 Å². The number of aryl methyl sites for hydroxylation is 1. The number of rotatable bonds is 3. The van der Waals surface area contributed by atoms with Crippen LogP contribution >= 0.6 is 0 Å². The van der Waals surface area contributed by atoms with Crippen LogP contribution in [0.5, 0.6) is 5.75 Å². The normalized spacial score (nSPS) is 11.8. The third-order valence-corrected chi connectivity index (χ3v) is 4.61. The number of nitro benzene ring substituents is 1. The van der Waals surface area contributed by atoms with Gasteiger partial charge in [-0.2, -0.15) is 0 Å². The summed E-state index contributed by atoms with van der Waals surface area (Å²) < 4.78 is 0. The molecule has 0 fully saturated rings. The van der Waals surface area contributed by atoms with Crippen molar-refractivity contribution in [3.8, 4) is 5.75 Å². The SMILES string of the molecule is CC(C)=c1cccc/c1=C(\c1ccc(O)c([N+](=O)[O-])c1)c1ccccc1C. The van der Waals surface area contributed by atoms with Crippen molar-refractivity contribution in [2.75, 3.05) is 0 Å². The van der Waals surface area contributed by atoms with Crippen molar-refractivity contribution < 1.29 is 10.0 Å². The summed E-state index contributed by atoms with van der Waals surface area (Å²) >= 11 is 0. The molecule has 0 heterocycles. The first-order valence-electron chi connectivity index (χ1n) is 8.71. The molecule has 4 heteroatoms. The molecule has 0 saturated carbocycles.